The van der Waals surface area contributed by atoms with Gasteiger partial charge in [0.2, 0.25) is 23.6 Å². The Morgan fingerprint density at radius 3 is 1.39 bits per heavy atom. The number of amides is 2. The topological polar surface area (TPSA) is 252 Å². The van der Waals surface area contributed by atoms with Gasteiger partial charge in [0.25, 0.3) is 0 Å². The molecular formula is C71H98N8O14. The smallest absolute Gasteiger partial charge is 0.328 e. The number of esters is 3. The number of methoxy groups -OCH3 is 1. The molecule has 10 atom stereocenters. The van der Waals surface area contributed by atoms with Crippen molar-refractivity contribution in [1.29, 1.82) is 0 Å². The van der Waals surface area contributed by atoms with Crippen molar-refractivity contribution in [3.63, 3.8) is 0 Å². The lowest BCUT2D eigenvalue weighted by Crippen LogP contribution is -2.47. The number of likely N-dealkylation sites (tertiary alicyclic amines) is 2. The molecule has 10 heterocycles. The zero-order valence-corrected chi connectivity index (χ0v) is 56.1. The zero-order chi connectivity index (χ0) is 65.9. The second-order valence-corrected chi connectivity index (χ2v) is 29.8. The Morgan fingerprint density at radius 2 is 0.978 bits per heavy atom. The second kappa shape index (κ2) is 29.0. The van der Waals surface area contributed by atoms with E-state index in [2.05, 4.69) is 33.9 Å². The molecule has 0 unspecified atom stereocenters. The minimum atomic E-state index is -1.09. The van der Waals surface area contributed by atoms with E-state index in [1.165, 1.54) is 12.0 Å². The number of rotatable bonds is 6. The summed E-state index contributed by atoms with van der Waals surface area (Å²) >= 11 is 0. The summed E-state index contributed by atoms with van der Waals surface area (Å²) in [5, 5.41) is 11.9. The molecule has 12 rings (SSSR count). The molecule has 1 N–H and O–H groups in total. The van der Waals surface area contributed by atoms with Gasteiger partial charge >= 0.3 is 23.9 Å². The molecule has 4 bridgehead atoms. The van der Waals surface area contributed by atoms with Crippen molar-refractivity contribution in [2.24, 2.45) is 34.5 Å². The fourth-order valence-electron chi connectivity index (χ4n) is 14.6. The van der Waals surface area contributed by atoms with E-state index in [1.54, 1.807) is 23.5 Å². The molecule has 8 aliphatic rings. The molecule has 0 spiro atoms. The average Bonchev–Trinajstić information content (AvgIpc) is 1.71. The molecule has 4 aromatic heterocycles. The van der Waals surface area contributed by atoms with Crippen molar-refractivity contribution < 1.29 is 67.0 Å². The van der Waals surface area contributed by atoms with Crippen LogP contribution >= 0.6 is 0 Å². The maximum atomic E-state index is 14.2. The number of hydrogen-bond donors (Lipinski definition) is 1. The normalized spacial score (nSPS) is 28.6. The molecule has 2 saturated carbocycles. The van der Waals surface area contributed by atoms with Crippen LogP contribution in [0.4, 0.5) is 0 Å². The highest BCUT2D eigenvalue weighted by Crippen LogP contribution is 2.45. The van der Waals surface area contributed by atoms with Crippen LogP contribution in [0.1, 0.15) is 168 Å². The number of aliphatic carboxylic acids is 1. The number of pyridine rings is 4. The first-order valence-corrected chi connectivity index (χ1v) is 34.4. The molecule has 22 heteroatoms. The van der Waals surface area contributed by atoms with Crippen LogP contribution in [0.2, 0.25) is 0 Å². The molecule has 0 radical (unpaired) electrons. The van der Waals surface area contributed by atoms with Crippen LogP contribution in [0.15, 0.2) is 36.9 Å². The first-order chi connectivity index (χ1) is 44.5. The van der Waals surface area contributed by atoms with Crippen LogP contribution in [-0.4, -0.2) is 190 Å². The molecular weight excluding hydrogens is 1190 g/mol. The van der Waals surface area contributed by atoms with E-state index >= 15 is 0 Å². The highest BCUT2D eigenvalue weighted by atomic mass is 16.6. The number of carbonyl (C=O) groups excluding carboxylic acids is 5. The summed E-state index contributed by atoms with van der Waals surface area (Å²) in [5.74, 6) is -1.23. The summed E-state index contributed by atoms with van der Waals surface area (Å²) in [7, 11) is 5.59. The molecule has 0 aromatic carbocycles. The van der Waals surface area contributed by atoms with Crippen LogP contribution < -0.4 is 18.9 Å². The number of piperidine rings is 2. The van der Waals surface area contributed by atoms with Gasteiger partial charge in [0, 0.05) is 63.8 Å². The third kappa shape index (κ3) is 16.4. The lowest BCUT2D eigenvalue weighted by atomic mass is 9.77. The van der Waals surface area contributed by atoms with E-state index in [4.69, 9.17) is 43.1 Å². The SMILES string of the molecule is CN1CCC(Oc2c3c(nc4ccncc24)O[C@@H]2C[C@@H](C(=O)O)N(C2)C(=O)[C@H](C(C)(C)C)CC(=O)O[C@H]2C[C@@H]2CCCCC3)CC1.COC(=O)[C@@H]1C[C@@H]2CN1C(=O)[C@H](C(C)(C)C)CC(=O)O[C@H]1C[C@@H]1CCCCCc1c(nc3ccncc3c1OC1CCN(C)CC1)O2. The summed E-state index contributed by atoms with van der Waals surface area (Å²) in [4.78, 5) is 106. The first-order valence-electron chi connectivity index (χ1n) is 34.4. The second-order valence-electron chi connectivity index (χ2n) is 29.8. The Morgan fingerprint density at radius 1 is 0.559 bits per heavy atom. The van der Waals surface area contributed by atoms with Crippen molar-refractivity contribution in [2.45, 2.75) is 219 Å². The molecule has 6 aliphatic heterocycles. The van der Waals surface area contributed by atoms with Crippen molar-refractivity contribution >= 4 is 57.5 Å². The highest BCUT2D eigenvalue weighted by molar-refractivity contribution is 5.91. The monoisotopic (exact) mass is 1290 g/mol. The molecule has 506 valence electrons. The van der Waals surface area contributed by atoms with Crippen molar-refractivity contribution in [2.75, 3.05) is 60.5 Å². The van der Waals surface area contributed by atoms with Gasteiger partial charge < -0.3 is 57.9 Å². The number of carboxylic acid groups (broad SMARTS) is 1. The van der Waals surface area contributed by atoms with Gasteiger partial charge in [-0.15, -0.1) is 0 Å². The lowest BCUT2D eigenvalue weighted by molar-refractivity contribution is -0.157. The summed E-state index contributed by atoms with van der Waals surface area (Å²) in [6.07, 6.45) is 20.8. The van der Waals surface area contributed by atoms with Gasteiger partial charge in [0.15, 0.2) is 0 Å². The lowest BCUT2D eigenvalue weighted by Gasteiger charge is -2.34. The molecule has 6 fully saturated rings. The average molecular weight is 1290 g/mol. The Hall–Kier alpha value is -6.94. The Kier molecular flexibility index (Phi) is 21.0. The minimum Gasteiger partial charge on any atom is -0.489 e. The highest BCUT2D eigenvalue weighted by Gasteiger charge is 2.50. The van der Waals surface area contributed by atoms with Crippen molar-refractivity contribution in [3.05, 3.63) is 48.0 Å². The van der Waals surface area contributed by atoms with Gasteiger partial charge in [0.1, 0.15) is 60.2 Å². The van der Waals surface area contributed by atoms with Crippen molar-refractivity contribution in [1.82, 2.24) is 39.5 Å². The van der Waals surface area contributed by atoms with E-state index in [0.29, 0.717) is 42.0 Å². The molecule has 93 heavy (non-hydrogen) atoms. The predicted octanol–water partition coefficient (Wildman–Crippen LogP) is 9.36. The number of hydrogen-bond acceptors (Lipinski definition) is 19. The maximum Gasteiger partial charge on any atom is 0.328 e. The van der Waals surface area contributed by atoms with E-state index in [9.17, 15) is 33.9 Å². The Labute approximate surface area is 546 Å². The molecule has 2 amide bonds. The number of fused-ring (bicyclic) bond motifs is 10. The maximum absolute atomic E-state index is 14.2. The first kappa shape index (κ1) is 67.5. The third-order valence-corrected chi connectivity index (χ3v) is 20.6. The number of ether oxygens (including phenoxy) is 7. The van der Waals surface area contributed by atoms with Gasteiger partial charge in [-0.1, -0.05) is 67.2 Å². The van der Waals surface area contributed by atoms with Crippen LogP contribution in [0.25, 0.3) is 21.8 Å². The van der Waals surface area contributed by atoms with E-state index < -0.39 is 64.9 Å². The standard InChI is InChI=1S/C36H50N4O7.C35H48N4O7/c1-36(2,3)27-19-31(41)47-30-17-22(30)9-7-6-8-10-25-32(45-23-12-15-39(4)16-13-23)26-20-37-14-11-28(26)38-33(25)46-24-18-29(35(43)44-5)40(21-24)34(27)42;1-35(2,3)26-18-30(40)46-29-16-21(29)8-6-5-7-9-24-31(44-22-11-14-38(4)15-12-22)25-19-36-13-10-27(25)37-32(24)45-23-17-28(34(42)43)39(20-23)33(26)41/h11,14,20,22-24,27,29-30H,6-10,12-13,15-19,21H2,1-5H3;10,13,19,21-23,26,28-29H,5-9,11-12,14-18,20H2,1-4H3,(H,42,43)/t22-,24+,27+,29-,30-;21-,23+,26+,28-,29-/m00/s1. The molecule has 4 saturated heterocycles. The van der Waals surface area contributed by atoms with Crippen molar-refractivity contribution in [3.8, 4) is 23.3 Å². The fourth-order valence-corrected chi connectivity index (χ4v) is 14.6. The molecule has 4 aromatic rings. The number of nitrogens with zero attached hydrogens (tertiary/aromatic N) is 8. The van der Waals surface area contributed by atoms with Gasteiger partial charge in [-0.3, -0.25) is 29.1 Å². The van der Waals surface area contributed by atoms with E-state index in [1.807, 2.05) is 59.9 Å². The van der Waals surface area contributed by atoms with Crippen LogP contribution in [-0.2, 0) is 55.8 Å². The Balaban J connectivity index is 0.000000190. The molecule has 22 nitrogen and oxygen atoms in total. The number of aromatic nitrogens is 4. The zero-order valence-electron chi connectivity index (χ0n) is 56.1. The van der Waals surface area contributed by atoms with Gasteiger partial charge in [-0.25, -0.2) is 19.6 Å². The third-order valence-electron chi connectivity index (χ3n) is 20.6. The van der Waals surface area contributed by atoms with Crippen LogP contribution in [0.3, 0.4) is 0 Å². The van der Waals surface area contributed by atoms with E-state index in [-0.39, 0.29) is 81.0 Å². The van der Waals surface area contributed by atoms with Gasteiger partial charge in [-0.2, -0.15) is 0 Å². The van der Waals surface area contributed by atoms with Gasteiger partial charge in [-0.05, 0) is 126 Å². The van der Waals surface area contributed by atoms with Crippen LogP contribution in [0.5, 0.6) is 23.3 Å². The summed E-state index contributed by atoms with van der Waals surface area (Å²) in [5.41, 5.74) is 2.10. The summed E-state index contributed by atoms with van der Waals surface area (Å²) in [6.45, 7) is 15.7. The quantitative estimate of drug-likeness (QED) is 0.139. The summed E-state index contributed by atoms with van der Waals surface area (Å²) in [6, 6.07) is 1.80. The number of carboxylic acids is 1. The minimum absolute atomic E-state index is 0.0382. The Bertz CT molecular complexity index is 3350. The van der Waals surface area contributed by atoms with Gasteiger partial charge in [0.05, 0.1) is 77.8 Å². The largest absolute Gasteiger partial charge is 0.489 e. The van der Waals surface area contributed by atoms with E-state index in [0.717, 1.165) is 155 Å². The van der Waals surface area contributed by atoms with Crippen LogP contribution in [0, 0.1) is 34.5 Å². The number of carbonyl (C=O) groups is 6. The molecule has 2 aliphatic carbocycles. The fraction of sp³-hybridized carbons (Fsp3) is 0.690. The summed E-state index contributed by atoms with van der Waals surface area (Å²) < 4.78 is 43.8. The predicted molar refractivity (Wildman–Crippen MR) is 346 cm³/mol.